The summed E-state index contributed by atoms with van der Waals surface area (Å²) in [4.78, 5) is 24.0. The fourth-order valence-corrected chi connectivity index (χ4v) is 3.48. The molecule has 0 aliphatic carbocycles. The fraction of sp³-hybridized carbons (Fsp3) is 0.150. The second kappa shape index (κ2) is 7.49. The van der Waals surface area contributed by atoms with Crippen molar-refractivity contribution in [3.05, 3.63) is 76.8 Å². The lowest BCUT2D eigenvalue weighted by atomic mass is 10.1. The zero-order chi connectivity index (χ0) is 17.8. The van der Waals surface area contributed by atoms with Gasteiger partial charge in [0, 0.05) is 12.2 Å². The number of rotatable bonds is 4. The first-order valence-corrected chi connectivity index (χ1v) is 8.80. The Morgan fingerprint density at radius 2 is 2.04 bits per heavy atom. The molecule has 1 aliphatic heterocycles. The summed E-state index contributed by atoms with van der Waals surface area (Å²) in [5, 5.41) is 0.627. The highest BCUT2D eigenvalue weighted by atomic mass is 32.2. The molecule has 4 nitrogen and oxygen atoms in total. The van der Waals surface area contributed by atoms with Crippen molar-refractivity contribution in [1.82, 2.24) is 9.88 Å². The lowest BCUT2D eigenvalue weighted by Gasteiger charge is -2.12. The SMILES string of the molecule is C=CCN1C(=O)/C(=C/c2cccc(C)c2)S/C1=N/c1cccc(C)n1. The van der Waals surface area contributed by atoms with Gasteiger partial charge >= 0.3 is 0 Å². The zero-order valence-corrected chi connectivity index (χ0v) is 15.1. The van der Waals surface area contributed by atoms with Gasteiger partial charge in [0.2, 0.25) is 0 Å². The minimum absolute atomic E-state index is 0.0576. The number of carbonyl (C=O) groups is 1. The van der Waals surface area contributed by atoms with Crippen molar-refractivity contribution in [2.24, 2.45) is 4.99 Å². The van der Waals surface area contributed by atoms with Crippen molar-refractivity contribution in [2.75, 3.05) is 6.54 Å². The van der Waals surface area contributed by atoms with Crippen LogP contribution < -0.4 is 0 Å². The van der Waals surface area contributed by atoms with E-state index in [0.29, 0.717) is 22.4 Å². The van der Waals surface area contributed by atoms with Crippen LogP contribution in [0, 0.1) is 13.8 Å². The van der Waals surface area contributed by atoms with E-state index in [1.807, 2.05) is 56.3 Å². The molecule has 1 saturated heterocycles. The summed E-state index contributed by atoms with van der Waals surface area (Å²) in [5.74, 6) is 0.541. The number of pyridine rings is 1. The average molecular weight is 349 g/mol. The summed E-state index contributed by atoms with van der Waals surface area (Å²) in [5.41, 5.74) is 3.05. The fourth-order valence-electron chi connectivity index (χ4n) is 2.48. The third-order valence-electron chi connectivity index (χ3n) is 3.62. The van der Waals surface area contributed by atoms with E-state index < -0.39 is 0 Å². The summed E-state index contributed by atoms with van der Waals surface area (Å²) < 4.78 is 0. The van der Waals surface area contributed by atoms with Gasteiger partial charge < -0.3 is 0 Å². The monoisotopic (exact) mass is 349 g/mol. The highest BCUT2D eigenvalue weighted by molar-refractivity contribution is 8.18. The lowest BCUT2D eigenvalue weighted by Crippen LogP contribution is -2.29. The van der Waals surface area contributed by atoms with Gasteiger partial charge in [-0.05, 0) is 49.4 Å². The Labute approximate surface area is 152 Å². The Morgan fingerprint density at radius 1 is 1.24 bits per heavy atom. The van der Waals surface area contributed by atoms with Crippen molar-refractivity contribution in [1.29, 1.82) is 0 Å². The molecule has 3 rings (SSSR count). The Balaban J connectivity index is 1.96. The van der Waals surface area contributed by atoms with Crippen LogP contribution in [0.2, 0.25) is 0 Å². The topological polar surface area (TPSA) is 45.6 Å². The van der Waals surface area contributed by atoms with Gasteiger partial charge in [-0.1, -0.05) is 42.0 Å². The largest absolute Gasteiger partial charge is 0.282 e. The van der Waals surface area contributed by atoms with Crippen molar-refractivity contribution in [3.8, 4) is 0 Å². The predicted molar refractivity (Wildman–Crippen MR) is 105 cm³/mol. The number of nitrogens with zero attached hydrogens (tertiary/aromatic N) is 3. The molecule has 0 saturated carbocycles. The van der Waals surface area contributed by atoms with Crippen molar-refractivity contribution < 1.29 is 4.79 Å². The smallest absolute Gasteiger partial charge is 0.267 e. The van der Waals surface area contributed by atoms with E-state index in [2.05, 4.69) is 22.6 Å². The molecule has 2 heterocycles. The van der Waals surface area contributed by atoms with Crippen molar-refractivity contribution >= 4 is 34.7 Å². The third kappa shape index (κ3) is 4.06. The molecule has 5 heteroatoms. The molecular formula is C20H19N3OS. The van der Waals surface area contributed by atoms with Crippen LogP contribution in [0.15, 0.2) is 65.0 Å². The minimum Gasteiger partial charge on any atom is -0.282 e. The van der Waals surface area contributed by atoms with Gasteiger partial charge in [0.15, 0.2) is 11.0 Å². The number of hydrogen-bond donors (Lipinski definition) is 0. The summed E-state index contributed by atoms with van der Waals surface area (Å²) in [6, 6.07) is 13.7. The number of aliphatic imine (C=N–C) groups is 1. The van der Waals surface area contributed by atoms with E-state index in [9.17, 15) is 4.79 Å². The van der Waals surface area contributed by atoms with Crippen LogP contribution in [-0.4, -0.2) is 27.5 Å². The quantitative estimate of drug-likeness (QED) is 0.603. The van der Waals surface area contributed by atoms with Crippen LogP contribution >= 0.6 is 11.8 Å². The van der Waals surface area contributed by atoms with Gasteiger partial charge in [-0.3, -0.25) is 9.69 Å². The Bertz CT molecular complexity index is 886. The number of hydrogen-bond acceptors (Lipinski definition) is 4. The van der Waals surface area contributed by atoms with Gasteiger partial charge in [-0.2, -0.15) is 0 Å². The molecule has 25 heavy (non-hydrogen) atoms. The number of benzene rings is 1. The van der Waals surface area contributed by atoms with Crippen LogP contribution in [0.25, 0.3) is 6.08 Å². The Hall–Kier alpha value is -2.66. The lowest BCUT2D eigenvalue weighted by molar-refractivity contribution is -0.121. The van der Waals surface area contributed by atoms with Crippen LogP contribution in [0.5, 0.6) is 0 Å². The summed E-state index contributed by atoms with van der Waals surface area (Å²) in [6.07, 6.45) is 3.61. The van der Waals surface area contributed by atoms with E-state index in [4.69, 9.17) is 0 Å². The van der Waals surface area contributed by atoms with Crippen LogP contribution in [0.3, 0.4) is 0 Å². The van der Waals surface area contributed by atoms with Crippen molar-refractivity contribution in [2.45, 2.75) is 13.8 Å². The maximum absolute atomic E-state index is 12.7. The third-order valence-corrected chi connectivity index (χ3v) is 4.63. The minimum atomic E-state index is -0.0576. The van der Waals surface area contributed by atoms with E-state index >= 15 is 0 Å². The zero-order valence-electron chi connectivity index (χ0n) is 14.3. The number of amidine groups is 1. The molecule has 1 fully saturated rings. The number of aryl methyl sites for hydroxylation is 2. The molecule has 2 aromatic rings. The van der Waals surface area contributed by atoms with E-state index in [1.165, 1.54) is 11.8 Å². The van der Waals surface area contributed by atoms with Gasteiger partial charge in [0.1, 0.15) is 0 Å². The maximum Gasteiger partial charge on any atom is 0.267 e. The van der Waals surface area contributed by atoms with E-state index in [0.717, 1.165) is 16.8 Å². The standard InChI is InChI=1S/C20H19N3OS/c1-4-11-23-19(24)17(13-16-9-5-7-14(2)12-16)25-20(23)22-18-10-6-8-15(3)21-18/h4-10,12-13H,1,11H2,2-3H3/b17-13-,22-20+. The number of aromatic nitrogens is 1. The highest BCUT2D eigenvalue weighted by Crippen LogP contribution is 2.33. The molecular weight excluding hydrogens is 330 g/mol. The predicted octanol–water partition coefficient (Wildman–Crippen LogP) is 4.49. The Morgan fingerprint density at radius 3 is 2.76 bits per heavy atom. The van der Waals surface area contributed by atoms with Crippen LogP contribution in [-0.2, 0) is 4.79 Å². The van der Waals surface area contributed by atoms with Crippen molar-refractivity contribution in [3.63, 3.8) is 0 Å². The first-order chi connectivity index (χ1) is 12.1. The molecule has 1 amide bonds. The van der Waals surface area contributed by atoms with Gasteiger partial charge in [0.05, 0.1) is 4.91 Å². The molecule has 0 radical (unpaired) electrons. The normalized spacial score (nSPS) is 17.5. The number of thioether (sulfide) groups is 1. The average Bonchev–Trinajstić information content (AvgIpc) is 2.84. The second-order valence-electron chi connectivity index (χ2n) is 5.76. The number of carbonyl (C=O) groups excluding carboxylic acids is 1. The molecule has 1 aromatic carbocycles. The molecule has 0 atom stereocenters. The van der Waals surface area contributed by atoms with Gasteiger partial charge in [0.25, 0.3) is 5.91 Å². The van der Waals surface area contributed by atoms with Crippen LogP contribution in [0.1, 0.15) is 16.8 Å². The molecule has 0 spiro atoms. The molecule has 1 aromatic heterocycles. The molecule has 1 aliphatic rings. The summed E-state index contributed by atoms with van der Waals surface area (Å²) in [7, 11) is 0. The second-order valence-corrected chi connectivity index (χ2v) is 6.77. The first kappa shape index (κ1) is 17.2. The molecule has 126 valence electrons. The van der Waals surface area contributed by atoms with Gasteiger partial charge in [-0.25, -0.2) is 9.98 Å². The van der Waals surface area contributed by atoms with E-state index in [1.54, 1.807) is 11.0 Å². The number of amides is 1. The van der Waals surface area contributed by atoms with E-state index in [-0.39, 0.29) is 5.91 Å². The molecule has 0 bridgehead atoms. The summed E-state index contributed by atoms with van der Waals surface area (Å²) >= 11 is 1.37. The Kier molecular flexibility index (Phi) is 5.14. The summed E-state index contributed by atoms with van der Waals surface area (Å²) in [6.45, 7) is 8.11. The van der Waals surface area contributed by atoms with Crippen LogP contribution in [0.4, 0.5) is 5.82 Å². The highest BCUT2D eigenvalue weighted by Gasteiger charge is 2.32. The van der Waals surface area contributed by atoms with Gasteiger partial charge in [-0.15, -0.1) is 6.58 Å². The molecule has 0 N–H and O–H groups in total. The first-order valence-electron chi connectivity index (χ1n) is 7.98. The maximum atomic E-state index is 12.7. The molecule has 0 unspecified atom stereocenters.